The average molecular weight is 288 g/mol. The van der Waals surface area contributed by atoms with Crippen molar-refractivity contribution in [1.82, 2.24) is 10.1 Å². The van der Waals surface area contributed by atoms with Gasteiger partial charge in [0.05, 0.1) is 30.8 Å². The Morgan fingerprint density at radius 3 is 2.95 bits per heavy atom. The van der Waals surface area contributed by atoms with Crippen molar-refractivity contribution in [2.75, 3.05) is 7.11 Å². The van der Waals surface area contributed by atoms with Crippen LogP contribution in [0.5, 0.6) is 11.5 Å². The third kappa shape index (κ3) is 1.98. The van der Waals surface area contributed by atoms with Gasteiger partial charge in [0.2, 0.25) is 0 Å². The first-order chi connectivity index (χ1) is 10.3. The molecule has 2 fully saturated rings. The van der Waals surface area contributed by atoms with Crippen LogP contribution in [-0.4, -0.2) is 34.6 Å². The summed E-state index contributed by atoms with van der Waals surface area (Å²) in [5.74, 6) is 1.58. The maximum atomic E-state index is 10.1. The number of benzene rings is 1. The molecule has 3 heterocycles. The van der Waals surface area contributed by atoms with Crippen molar-refractivity contribution < 1.29 is 19.1 Å². The van der Waals surface area contributed by atoms with Crippen LogP contribution in [0.15, 0.2) is 22.7 Å². The van der Waals surface area contributed by atoms with E-state index >= 15 is 0 Å². The smallest absolute Gasteiger partial charge is 0.261 e. The number of para-hydroxylation sites is 1. The molecule has 1 aromatic carbocycles. The average Bonchev–Trinajstić information content (AvgIpc) is 3.23. The van der Waals surface area contributed by atoms with Crippen LogP contribution in [0.3, 0.4) is 0 Å². The normalized spacial score (nSPS) is 27.2. The Kier molecular flexibility index (Phi) is 2.85. The minimum Gasteiger partial charge on any atom is -0.504 e. The standard InChI is InChI=1S/C15H16N2O4/c1-19-12-4-2-3-9(13(12)18)15-16-14(17-21-15)10-7-8-5-6-11(10)20-8/h2-4,8,10-11,18H,5-7H2,1H3. The lowest BCUT2D eigenvalue weighted by Gasteiger charge is -2.13. The van der Waals surface area contributed by atoms with E-state index in [1.165, 1.54) is 7.11 Å². The monoisotopic (exact) mass is 288 g/mol. The lowest BCUT2D eigenvalue weighted by molar-refractivity contribution is 0.0996. The van der Waals surface area contributed by atoms with E-state index in [1.807, 2.05) is 0 Å². The van der Waals surface area contributed by atoms with Crippen LogP contribution in [0.2, 0.25) is 0 Å². The van der Waals surface area contributed by atoms with Gasteiger partial charge in [0, 0.05) is 0 Å². The largest absolute Gasteiger partial charge is 0.504 e. The second-order valence-electron chi connectivity index (χ2n) is 5.53. The number of hydrogen-bond acceptors (Lipinski definition) is 6. The zero-order valence-electron chi connectivity index (χ0n) is 11.7. The van der Waals surface area contributed by atoms with E-state index in [4.69, 9.17) is 14.0 Å². The molecule has 0 aliphatic carbocycles. The van der Waals surface area contributed by atoms with Gasteiger partial charge in [-0.25, -0.2) is 0 Å². The molecule has 6 heteroatoms. The lowest BCUT2D eigenvalue weighted by Crippen LogP contribution is -2.15. The molecule has 2 bridgehead atoms. The predicted octanol–water partition coefficient (Wildman–Crippen LogP) is 2.49. The van der Waals surface area contributed by atoms with Gasteiger partial charge in [-0.2, -0.15) is 4.98 Å². The van der Waals surface area contributed by atoms with Crippen molar-refractivity contribution in [2.45, 2.75) is 37.4 Å². The summed E-state index contributed by atoms with van der Waals surface area (Å²) < 4.78 is 16.2. The van der Waals surface area contributed by atoms with Crippen LogP contribution in [0.25, 0.3) is 11.5 Å². The van der Waals surface area contributed by atoms with Crippen molar-refractivity contribution in [3.8, 4) is 23.0 Å². The maximum absolute atomic E-state index is 10.1. The molecule has 21 heavy (non-hydrogen) atoms. The van der Waals surface area contributed by atoms with E-state index in [2.05, 4.69) is 10.1 Å². The highest BCUT2D eigenvalue weighted by Gasteiger charge is 2.43. The predicted molar refractivity (Wildman–Crippen MR) is 73.2 cm³/mol. The fourth-order valence-corrected chi connectivity index (χ4v) is 3.26. The summed E-state index contributed by atoms with van der Waals surface area (Å²) in [4.78, 5) is 4.44. The van der Waals surface area contributed by atoms with Gasteiger partial charge in [-0.1, -0.05) is 11.2 Å². The van der Waals surface area contributed by atoms with Crippen molar-refractivity contribution >= 4 is 0 Å². The molecule has 1 aromatic heterocycles. The van der Waals surface area contributed by atoms with Gasteiger partial charge in [-0.15, -0.1) is 0 Å². The zero-order valence-corrected chi connectivity index (χ0v) is 11.7. The third-order valence-corrected chi connectivity index (χ3v) is 4.33. The van der Waals surface area contributed by atoms with Gasteiger partial charge in [-0.3, -0.25) is 0 Å². The minimum absolute atomic E-state index is 0.0133. The van der Waals surface area contributed by atoms with Gasteiger partial charge < -0.3 is 19.1 Å². The Hall–Kier alpha value is -2.08. The number of ether oxygens (including phenoxy) is 2. The zero-order chi connectivity index (χ0) is 14.4. The summed E-state index contributed by atoms with van der Waals surface area (Å²) in [7, 11) is 1.50. The molecular weight excluding hydrogens is 272 g/mol. The SMILES string of the molecule is COc1cccc(-c2nc(C3CC4CCC3O4)no2)c1O. The molecule has 0 radical (unpaired) electrons. The Bertz CT molecular complexity index is 669. The second kappa shape index (κ2) is 4.73. The summed E-state index contributed by atoms with van der Waals surface area (Å²) in [6, 6.07) is 5.19. The molecule has 0 amide bonds. The molecule has 4 rings (SSSR count). The first-order valence-corrected chi connectivity index (χ1v) is 7.11. The number of fused-ring (bicyclic) bond motifs is 2. The molecule has 2 aliphatic heterocycles. The quantitative estimate of drug-likeness (QED) is 0.935. The highest BCUT2D eigenvalue weighted by Crippen LogP contribution is 2.44. The molecule has 1 N–H and O–H groups in total. The topological polar surface area (TPSA) is 77.6 Å². The Balaban J connectivity index is 1.66. The third-order valence-electron chi connectivity index (χ3n) is 4.33. The molecule has 0 saturated carbocycles. The molecule has 2 aliphatic rings. The van der Waals surface area contributed by atoms with E-state index in [1.54, 1.807) is 18.2 Å². The Labute approximate surface area is 121 Å². The van der Waals surface area contributed by atoms with E-state index in [9.17, 15) is 5.11 Å². The highest BCUT2D eigenvalue weighted by molar-refractivity contribution is 5.66. The van der Waals surface area contributed by atoms with Crippen LogP contribution in [0, 0.1) is 0 Å². The highest BCUT2D eigenvalue weighted by atomic mass is 16.5. The number of phenolic OH excluding ortho intramolecular Hbond substituents is 1. The van der Waals surface area contributed by atoms with E-state index in [0.717, 1.165) is 19.3 Å². The molecule has 3 atom stereocenters. The van der Waals surface area contributed by atoms with Crippen LogP contribution in [0.4, 0.5) is 0 Å². The lowest BCUT2D eigenvalue weighted by atomic mass is 9.89. The van der Waals surface area contributed by atoms with Crippen LogP contribution in [0.1, 0.15) is 31.0 Å². The summed E-state index contributed by atoms with van der Waals surface area (Å²) >= 11 is 0. The molecule has 3 unspecified atom stereocenters. The van der Waals surface area contributed by atoms with Gasteiger partial charge >= 0.3 is 0 Å². The summed E-state index contributed by atoms with van der Waals surface area (Å²) in [5.41, 5.74) is 0.483. The van der Waals surface area contributed by atoms with Crippen molar-refractivity contribution in [1.29, 1.82) is 0 Å². The van der Waals surface area contributed by atoms with Crippen LogP contribution < -0.4 is 4.74 Å². The van der Waals surface area contributed by atoms with Crippen molar-refractivity contribution in [3.05, 3.63) is 24.0 Å². The number of nitrogens with zero attached hydrogens (tertiary/aromatic N) is 2. The first-order valence-electron chi connectivity index (χ1n) is 7.11. The maximum Gasteiger partial charge on any atom is 0.261 e. The molecule has 110 valence electrons. The summed E-state index contributed by atoms with van der Waals surface area (Å²) in [6.45, 7) is 0. The first kappa shape index (κ1) is 12.6. The van der Waals surface area contributed by atoms with E-state index in [0.29, 0.717) is 29.1 Å². The number of aromatic nitrogens is 2. The number of rotatable bonds is 3. The second-order valence-corrected chi connectivity index (χ2v) is 5.53. The molecule has 2 aromatic rings. The van der Waals surface area contributed by atoms with Crippen LogP contribution >= 0.6 is 0 Å². The van der Waals surface area contributed by atoms with Gasteiger partial charge in [0.1, 0.15) is 0 Å². The van der Waals surface area contributed by atoms with Crippen molar-refractivity contribution in [3.63, 3.8) is 0 Å². The van der Waals surface area contributed by atoms with E-state index in [-0.39, 0.29) is 17.8 Å². The molecular formula is C15H16N2O4. The summed E-state index contributed by atoms with van der Waals surface area (Å²) in [6.07, 6.45) is 3.69. The molecule has 2 saturated heterocycles. The number of aromatic hydroxyl groups is 1. The van der Waals surface area contributed by atoms with Gasteiger partial charge in [0.25, 0.3) is 5.89 Å². The number of phenols is 1. The van der Waals surface area contributed by atoms with Gasteiger partial charge in [0.15, 0.2) is 17.3 Å². The Morgan fingerprint density at radius 2 is 2.24 bits per heavy atom. The minimum atomic E-state index is 0.0133. The van der Waals surface area contributed by atoms with Crippen molar-refractivity contribution in [2.24, 2.45) is 0 Å². The fourth-order valence-electron chi connectivity index (χ4n) is 3.26. The molecule has 0 spiro atoms. The number of methoxy groups -OCH3 is 1. The van der Waals surface area contributed by atoms with Gasteiger partial charge in [-0.05, 0) is 31.4 Å². The number of hydrogen-bond donors (Lipinski definition) is 1. The summed E-state index contributed by atoms with van der Waals surface area (Å²) in [5, 5.41) is 14.2. The van der Waals surface area contributed by atoms with E-state index < -0.39 is 0 Å². The molecule has 6 nitrogen and oxygen atoms in total. The fraction of sp³-hybridized carbons (Fsp3) is 0.467. The Morgan fingerprint density at radius 1 is 1.33 bits per heavy atom. The van der Waals surface area contributed by atoms with Crippen LogP contribution in [-0.2, 0) is 4.74 Å².